The lowest BCUT2D eigenvalue weighted by atomic mass is 9.97. The highest BCUT2D eigenvalue weighted by molar-refractivity contribution is 9.10. The Morgan fingerprint density at radius 2 is 1.76 bits per heavy atom. The Morgan fingerprint density at radius 3 is 2.27 bits per heavy atom. The van der Waals surface area contributed by atoms with Gasteiger partial charge in [-0.1, -0.05) is 53.0 Å². The van der Waals surface area contributed by atoms with E-state index in [0.717, 1.165) is 23.2 Å². The fraction of sp³-hybridized carbons (Fsp3) is 0.238. The molecule has 0 saturated heterocycles. The zero-order chi connectivity index (χ0) is 24.9. The van der Waals surface area contributed by atoms with Crippen molar-refractivity contribution in [3.63, 3.8) is 0 Å². The first-order valence-electron chi connectivity index (χ1n) is 9.36. The van der Waals surface area contributed by atoms with Crippen molar-refractivity contribution < 1.29 is 22.8 Å². The Labute approximate surface area is 212 Å². The molecule has 0 heterocycles. The molecule has 1 unspecified atom stereocenters. The Balaban J connectivity index is 2.27. The van der Waals surface area contributed by atoms with Crippen molar-refractivity contribution in [1.82, 2.24) is 15.8 Å². The van der Waals surface area contributed by atoms with Gasteiger partial charge in [-0.05, 0) is 58.2 Å². The maximum absolute atomic E-state index is 13.7. The summed E-state index contributed by atoms with van der Waals surface area (Å²) in [5.41, 5.74) is 2.82. The lowest BCUT2D eigenvalue weighted by Crippen LogP contribution is -2.48. The number of allylic oxidation sites excluding steroid dienone is 1. The van der Waals surface area contributed by atoms with Gasteiger partial charge in [0.15, 0.2) is 0 Å². The molecular weight excluding hydrogens is 570 g/mol. The number of amides is 3. The van der Waals surface area contributed by atoms with Crippen LogP contribution in [0.4, 0.5) is 18.0 Å². The molecule has 0 aromatic heterocycles. The van der Waals surface area contributed by atoms with Crippen LogP contribution in [0.5, 0.6) is 0 Å². The highest BCUT2D eigenvalue weighted by Gasteiger charge is 2.39. The molecule has 178 valence electrons. The number of rotatable bonds is 5. The SMILES string of the molecule is CCNC(=O)N(C)NC(=O)c1ccc(C=CC(c2cc(Cl)c(Cl)c(Cl)c2)C(F)(F)F)cc1Br. The molecule has 0 fully saturated rings. The predicted molar refractivity (Wildman–Crippen MR) is 128 cm³/mol. The maximum Gasteiger partial charge on any atom is 0.399 e. The van der Waals surface area contributed by atoms with Crippen molar-refractivity contribution in [2.75, 3.05) is 13.6 Å². The highest BCUT2D eigenvalue weighted by atomic mass is 79.9. The summed E-state index contributed by atoms with van der Waals surface area (Å²) in [6.45, 7) is 2.12. The third-order valence-electron chi connectivity index (χ3n) is 4.34. The van der Waals surface area contributed by atoms with Crippen molar-refractivity contribution in [3.8, 4) is 0 Å². The second kappa shape index (κ2) is 11.5. The molecule has 5 nitrogen and oxygen atoms in total. The summed E-state index contributed by atoms with van der Waals surface area (Å²) in [4.78, 5) is 24.1. The number of urea groups is 1. The van der Waals surface area contributed by atoms with Gasteiger partial charge in [-0.3, -0.25) is 10.2 Å². The maximum atomic E-state index is 13.7. The van der Waals surface area contributed by atoms with E-state index in [1.807, 2.05) is 0 Å². The summed E-state index contributed by atoms with van der Waals surface area (Å²) >= 11 is 20.9. The van der Waals surface area contributed by atoms with Crippen LogP contribution in [-0.2, 0) is 0 Å². The van der Waals surface area contributed by atoms with E-state index in [1.165, 1.54) is 31.3 Å². The summed E-state index contributed by atoms with van der Waals surface area (Å²) < 4.78 is 41.4. The first-order chi connectivity index (χ1) is 15.3. The fourth-order valence-corrected chi connectivity index (χ4v) is 3.91. The van der Waals surface area contributed by atoms with Crippen molar-refractivity contribution in [3.05, 3.63) is 72.6 Å². The van der Waals surface area contributed by atoms with Crippen LogP contribution in [0.25, 0.3) is 6.08 Å². The van der Waals surface area contributed by atoms with E-state index in [2.05, 4.69) is 26.7 Å². The number of hydrazine groups is 1. The number of benzene rings is 2. The summed E-state index contributed by atoms with van der Waals surface area (Å²) in [5.74, 6) is -2.57. The van der Waals surface area contributed by atoms with E-state index in [-0.39, 0.29) is 26.2 Å². The van der Waals surface area contributed by atoms with Crippen molar-refractivity contribution in [2.24, 2.45) is 0 Å². The molecule has 0 bridgehead atoms. The van der Waals surface area contributed by atoms with Crippen LogP contribution in [0.15, 0.2) is 40.9 Å². The van der Waals surface area contributed by atoms with E-state index in [9.17, 15) is 22.8 Å². The number of alkyl halides is 3. The van der Waals surface area contributed by atoms with E-state index < -0.39 is 24.0 Å². The molecule has 2 aromatic carbocycles. The Morgan fingerprint density at radius 1 is 1.15 bits per heavy atom. The zero-order valence-corrected chi connectivity index (χ0v) is 21.1. The van der Waals surface area contributed by atoms with Gasteiger partial charge in [-0.15, -0.1) is 0 Å². The number of hydrogen-bond donors (Lipinski definition) is 2. The minimum absolute atomic E-state index is 0.0254. The Bertz CT molecular complexity index is 1060. The van der Waals surface area contributed by atoms with Gasteiger partial charge in [0.1, 0.15) is 0 Å². The van der Waals surface area contributed by atoms with E-state index in [4.69, 9.17) is 34.8 Å². The minimum Gasteiger partial charge on any atom is -0.337 e. The molecule has 0 spiro atoms. The molecule has 0 aliphatic rings. The number of nitrogens with zero attached hydrogens (tertiary/aromatic N) is 1. The second-order valence-electron chi connectivity index (χ2n) is 6.75. The number of nitrogens with one attached hydrogen (secondary N) is 2. The van der Waals surface area contributed by atoms with Crippen LogP contribution in [0.3, 0.4) is 0 Å². The number of carbonyl (C=O) groups is 2. The van der Waals surface area contributed by atoms with Crippen LogP contribution >= 0.6 is 50.7 Å². The molecule has 0 aliphatic heterocycles. The molecule has 2 rings (SSSR count). The van der Waals surface area contributed by atoms with Gasteiger partial charge in [-0.2, -0.15) is 13.2 Å². The molecule has 0 radical (unpaired) electrons. The number of carbonyl (C=O) groups excluding carboxylic acids is 2. The second-order valence-corrected chi connectivity index (χ2v) is 8.80. The summed E-state index contributed by atoms with van der Waals surface area (Å²) in [7, 11) is 1.38. The standard InChI is InChI=1S/C21H18BrCl3F3N3O2/c1-3-29-20(33)31(2)30-19(32)13-6-4-11(8-15(13)22)5-7-14(21(26,27)28)12-9-16(23)18(25)17(24)10-12/h4-10,14H,3H2,1-2H3,(H,29,33)(H,30,32). The number of halogens is 7. The largest absolute Gasteiger partial charge is 0.399 e. The third-order valence-corrected chi connectivity index (χ3v) is 6.19. The van der Waals surface area contributed by atoms with Crippen LogP contribution in [0.1, 0.15) is 34.3 Å². The average molecular weight is 588 g/mol. The summed E-state index contributed by atoms with van der Waals surface area (Å²) in [5, 5.41) is 3.32. The minimum atomic E-state index is -4.61. The van der Waals surface area contributed by atoms with Gasteiger partial charge < -0.3 is 5.32 Å². The zero-order valence-electron chi connectivity index (χ0n) is 17.2. The first-order valence-corrected chi connectivity index (χ1v) is 11.3. The first kappa shape index (κ1) is 27.3. The quantitative estimate of drug-likeness (QED) is 0.290. The van der Waals surface area contributed by atoms with Crippen LogP contribution in [-0.4, -0.2) is 36.7 Å². The molecule has 0 aliphatic carbocycles. The molecule has 33 heavy (non-hydrogen) atoms. The van der Waals surface area contributed by atoms with Gasteiger partial charge in [-0.25, -0.2) is 9.80 Å². The monoisotopic (exact) mass is 585 g/mol. The van der Waals surface area contributed by atoms with Gasteiger partial charge in [0.25, 0.3) is 5.91 Å². The lowest BCUT2D eigenvalue weighted by molar-refractivity contribution is -0.139. The van der Waals surface area contributed by atoms with E-state index >= 15 is 0 Å². The molecule has 0 saturated carbocycles. The molecule has 1 atom stereocenters. The van der Waals surface area contributed by atoms with E-state index in [1.54, 1.807) is 6.92 Å². The Kier molecular flexibility index (Phi) is 9.48. The smallest absolute Gasteiger partial charge is 0.337 e. The van der Waals surface area contributed by atoms with E-state index in [0.29, 0.717) is 16.6 Å². The van der Waals surface area contributed by atoms with Gasteiger partial charge in [0.2, 0.25) is 0 Å². The van der Waals surface area contributed by atoms with Crippen LogP contribution in [0.2, 0.25) is 15.1 Å². The molecule has 12 heteroatoms. The summed E-state index contributed by atoms with van der Waals surface area (Å²) in [6, 6.07) is 6.11. The van der Waals surface area contributed by atoms with Crippen molar-refractivity contribution in [1.29, 1.82) is 0 Å². The Hall–Kier alpha value is -1.94. The number of hydrogen-bond acceptors (Lipinski definition) is 2. The topological polar surface area (TPSA) is 61.4 Å². The highest BCUT2D eigenvalue weighted by Crippen LogP contribution is 2.41. The van der Waals surface area contributed by atoms with Crippen LogP contribution in [0, 0.1) is 0 Å². The average Bonchev–Trinajstić information content (AvgIpc) is 2.71. The predicted octanol–water partition coefficient (Wildman–Crippen LogP) is 7.07. The van der Waals surface area contributed by atoms with Gasteiger partial charge in [0, 0.05) is 18.1 Å². The molecule has 3 amide bonds. The summed E-state index contributed by atoms with van der Waals surface area (Å²) in [6.07, 6.45) is -2.39. The molecule has 2 N–H and O–H groups in total. The molecular formula is C21H18BrCl3F3N3O2. The lowest BCUT2D eigenvalue weighted by Gasteiger charge is -2.19. The molecule has 2 aromatic rings. The fourth-order valence-electron chi connectivity index (χ4n) is 2.72. The van der Waals surface area contributed by atoms with Crippen LogP contribution < -0.4 is 10.7 Å². The normalized spacial score (nSPS) is 12.5. The third kappa shape index (κ3) is 7.27. The van der Waals surface area contributed by atoms with Crippen molar-refractivity contribution in [2.45, 2.75) is 19.0 Å². The van der Waals surface area contributed by atoms with Gasteiger partial charge in [0.05, 0.1) is 26.5 Å². The van der Waals surface area contributed by atoms with Gasteiger partial charge >= 0.3 is 12.2 Å². The van der Waals surface area contributed by atoms with Crippen molar-refractivity contribution >= 4 is 68.7 Å².